The van der Waals surface area contributed by atoms with Gasteiger partial charge in [-0.25, -0.2) is 4.98 Å². The molecule has 1 unspecified atom stereocenters. The number of nitrogens with one attached hydrogen (secondary N) is 1. The molecular weight excluding hydrogens is 324 g/mol. The standard InChI is InChI=1S/C18H20N2OS2/c1-13-11-23-18(20-13)17(9-15-7-8-22-12-15)19-10-14-3-5-16(21-2)6-4-14/h3-8,11-12,17,19H,9-10H2,1-2H3. The molecule has 23 heavy (non-hydrogen) atoms. The molecule has 0 radical (unpaired) electrons. The number of hydrogen-bond donors (Lipinski definition) is 1. The number of hydrogen-bond acceptors (Lipinski definition) is 5. The van der Waals surface area contributed by atoms with Crippen molar-refractivity contribution in [1.29, 1.82) is 0 Å². The van der Waals surface area contributed by atoms with Crippen LogP contribution in [0.15, 0.2) is 46.5 Å². The van der Waals surface area contributed by atoms with Crippen molar-refractivity contribution in [3.63, 3.8) is 0 Å². The van der Waals surface area contributed by atoms with Crippen LogP contribution in [0, 0.1) is 6.92 Å². The van der Waals surface area contributed by atoms with Gasteiger partial charge < -0.3 is 10.1 Å². The Balaban J connectivity index is 1.70. The third kappa shape index (κ3) is 4.41. The fourth-order valence-electron chi connectivity index (χ4n) is 2.41. The van der Waals surface area contributed by atoms with Crippen molar-refractivity contribution in [2.75, 3.05) is 7.11 Å². The summed E-state index contributed by atoms with van der Waals surface area (Å²) < 4.78 is 5.21. The number of thiazole rings is 1. The number of methoxy groups -OCH3 is 1. The van der Waals surface area contributed by atoms with Crippen molar-refractivity contribution in [2.45, 2.75) is 25.9 Å². The van der Waals surface area contributed by atoms with Crippen LogP contribution >= 0.6 is 22.7 Å². The summed E-state index contributed by atoms with van der Waals surface area (Å²) in [5.41, 5.74) is 3.69. The molecule has 0 saturated carbocycles. The molecule has 0 saturated heterocycles. The van der Waals surface area contributed by atoms with Gasteiger partial charge in [-0.15, -0.1) is 11.3 Å². The molecule has 120 valence electrons. The maximum Gasteiger partial charge on any atom is 0.118 e. The van der Waals surface area contributed by atoms with Gasteiger partial charge in [0.25, 0.3) is 0 Å². The van der Waals surface area contributed by atoms with Crippen molar-refractivity contribution >= 4 is 22.7 Å². The van der Waals surface area contributed by atoms with Crippen LogP contribution in [0.2, 0.25) is 0 Å². The molecule has 3 rings (SSSR count). The minimum Gasteiger partial charge on any atom is -0.497 e. The zero-order valence-corrected chi connectivity index (χ0v) is 14.9. The quantitative estimate of drug-likeness (QED) is 0.680. The first-order chi connectivity index (χ1) is 11.2. The van der Waals surface area contributed by atoms with Gasteiger partial charge in [-0.1, -0.05) is 12.1 Å². The Morgan fingerprint density at radius 3 is 2.57 bits per heavy atom. The molecule has 1 N–H and O–H groups in total. The molecule has 2 heterocycles. The molecule has 0 bridgehead atoms. The number of nitrogens with zero attached hydrogens (tertiary/aromatic N) is 1. The van der Waals surface area contributed by atoms with E-state index < -0.39 is 0 Å². The van der Waals surface area contributed by atoms with Crippen molar-refractivity contribution in [3.8, 4) is 5.75 Å². The zero-order valence-electron chi connectivity index (χ0n) is 13.3. The van der Waals surface area contributed by atoms with Crippen molar-refractivity contribution in [1.82, 2.24) is 10.3 Å². The minimum absolute atomic E-state index is 0.241. The average Bonchev–Trinajstić information content (AvgIpc) is 3.23. The monoisotopic (exact) mass is 344 g/mol. The lowest BCUT2D eigenvalue weighted by Crippen LogP contribution is -2.22. The summed E-state index contributed by atoms with van der Waals surface area (Å²) in [5.74, 6) is 0.888. The maximum absolute atomic E-state index is 5.21. The van der Waals surface area contributed by atoms with Gasteiger partial charge in [0.05, 0.1) is 13.2 Å². The highest BCUT2D eigenvalue weighted by Gasteiger charge is 2.15. The van der Waals surface area contributed by atoms with Crippen LogP contribution in [0.3, 0.4) is 0 Å². The topological polar surface area (TPSA) is 34.1 Å². The van der Waals surface area contributed by atoms with E-state index in [0.29, 0.717) is 0 Å². The second kappa shape index (κ2) is 7.73. The van der Waals surface area contributed by atoms with E-state index in [1.54, 1.807) is 29.8 Å². The van der Waals surface area contributed by atoms with Gasteiger partial charge in [0, 0.05) is 17.6 Å². The summed E-state index contributed by atoms with van der Waals surface area (Å²) >= 11 is 3.47. The molecule has 0 amide bonds. The average molecular weight is 345 g/mol. The molecule has 3 nitrogen and oxygen atoms in total. The molecule has 3 aromatic rings. The van der Waals surface area contributed by atoms with Crippen molar-refractivity contribution in [2.24, 2.45) is 0 Å². The number of rotatable bonds is 7. The van der Waals surface area contributed by atoms with Crippen molar-refractivity contribution in [3.05, 3.63) is 68.3 Å². The Bertz CT molecular complexity index is 720. The summed E-state index contributed by atoms with van der Waals surface area (Å²) in [6, 6.07) is 10.6. The fourth-order valence-corrected chi connectivity index (χ4v) is 3.96. The number of aryl methyl sites for hydroxylation is 1. The second-order valence-electron chi connectivity index (χ2n) is 5.44. The summed E-state index contributed by atoms with van der Waals surface area (Å²) in [4.78, 5) is 4.67. The van der Waals surface area contributed by atoms with E-state index in [9.17, 15) is 0 Å². The fraction of sp³-hybridized carbons (Fsp3) is 0.278. The summed E-state index contributed by atoms with van der Waals surface area (Å²) in [7, 11) is 1.69. The summed E-state index contributed by atoms with van der Waals surface area (Å²) in [6.45, 7) is 2.86. The van der Waals surface area contributed by atoms with E-state index in [-0.39, 0.29) is 6.04 Å². The van der Waals surface area contributed by atoms with Gasteiger partial charge in [0.2, 0.25) is 0 Å². The molecule has 0 aliphatic heterocycles. The highest BCUT2D eigenvalue weighted by atomic mass is 32.1. The number of ether oxygens (including phenoxy) is 1. The van der Waals surface area contributed by atoms with Crippen LogP contribution in [0.4, 0.5) is 0 Å². The lowest BCUT2D eigenvalue weighted by Gasteiger charge is -2.16. The predicted molar refractivity (Wildman–Crippen MR) is 97.4 cm³/mol. The van der Waals surface area contributed by atoms with E-state index in [4.69, 9.17) is 4.74 Å². The highest BCUT2D eigenvalue weighted by molar-refractivity contribution is 7.09. The van der Waals surface area contributed by atoms with Crippen LogP contribution in [0.25, 0.3) is 0 Å². The first kappa shape index (κ1) is 16.2. The SMILES string of the molecule is COc1ccc(CNC(Cc2ccsc2)c2nc(C)cs2)cc1. The van der Waals surface area contributed by atoms with Crippen LogP contribution in [0.5, 0.6) is 5.75 Å². The Morgan fingerprint density at radius 2 is 1.96 bits per heavy atom. The second-order valence-corrected chi connectivity index (χ2v) is 7.11. The van der Waals surface area contributed by atoms with Crippen LogP contribution in [-0.4, -0.2) is 12.1 Å². The van der Waals surface area contributed by atoms with Gasteiger partial charge in [-0.2, -0.15) is 11.3 Å². The molecular formula is C18H20N2OS2. The minimum atomic E-state index is 0.241. The van der Waals surface area contributed by atoms with E-state index in [1.807, 2.05) is 19.1 Å². The van der Waals surface area contributed by atoms with Gasteiger partial charge in [-0.3, -0.25) is 0 Å². The van der Waals surface area contributed by atoms with Crippen molar-refractivity contribution < 1.29 is 4.74 Å². The van der Waals surface area contributed by atoms with Gasteiger partial charge >= 0.3 is 0 Å². The predicted octanol–water partition coefficient (Wildman–Crippen LogP) is 4.60. The van der Waals surface area contributed by atoms with E-state index in [1.165, 1.54) is 11.1 Å². The Labute approximate surface area is 145 Å². The molecule has 2 aromatic heterocycles. The first-order valence-electron chi connectivity index (χ1n) is 7.54. The third-order valence-corrected chi connectivity index (χ3v) is 5.47. The summed E-state index contributed by atoms with van der Waals surface area (Å²) in [6.07, 6.45) is 0.965. The van der Waals surface area contributed by atoms with Crippen LogP contribution in [0.1, 0.15) is 27.9 Å². The van der Waals surface area contributed by atoms with E-state index in [2.05, 4.69) is 44.6 Å². The molecule has 1 aromatic carbocycles. The van der Waals surface area contributed by atoms with Gasteiger partial charge in [-0.05, 0) is 53.4 Å². The Morgan fingerprint density at radius 1 is 1.13 bits per heavy atom. The van der Waals surface area contributed by atoms with Crippen LogP contribution < -0.4 is 10.1 Å². The van der Waals surface area contributed by atoms with Gasteiger partial charge in [0.15, 0.2) is 0 Å². The normalized spacial score (nSPS) is 12.3. The maximum atomic E-state index is 5.21. The molecule has 0 aliphatic rings. The third-order valence-electron chi connectivity index (χ3n) is 3.67. The lowest BCUT2D eigenvalue weighted by molar-refractivity contribution is 0.414. The van der Waals surface area contributed by atoms with E-state index >= 15 is 0 Å². The molecule has 1 atom stereocenters. The molecule has 0 aliphatic carbocycles. The van der Waals surface area contributed by atoms with E-state index in [0.717, 1.165) is 29.4 Å². The molecule has 5 heteroatoms. The lowest BCUT2D eigenvalue weighted by atomic mass is 10.1. The first-order valence-corrected chi connectivity index (χ1v) is 9.36. The largest absolute Gasteiger partial charge is 0.497 e. The number of thiophene rings is 1. The van der Waals surface area contributed by atoms with Gasteiger partial charge in [0.1, 0.15) is 10.8 Å². The molecule has 0 fully saturated rings. The number of aromatic nitrogens is 1. The summed E-state index contributed by atoms with van der Waals surface area (Å²) in [5, 5.41) is 11.3. The highest BCUT2D eigenvalue weighted by Crippen LogP contribution is 2.24. The van der Waals surface area contributed by atoms with Crippen LogP contribution in [-0.2, 0) is 13.0 Å². The molecule has 0 spiro atoms. The Kier molecular flexibility index (Phi) is 5.43. The number of benzene rings is 1. The smallest absolute Gasteiger partial charge is 0.118 e. The Hall–Kier alpha value is -1.69. The zero-order chi connectivity index (χ0) is 16.1.